The van der Waals surface area contributed by atoms with E-state index in [9.17, 15) is 4.79 Å². The maximum atomic E-state index is 11.9. The zero-order valence-corrected chi connectivity index (χ0v) is 10.2. The molecule has 0 saturated carbocycles. The summed E-state index contributed by atoms with van der Waals surface area (Å²) in [4.78, 5) is 11.9. The van der Waals surface area contributed by atoms with Gasteiger partial charge in [0.2, 0.25) is 0 Å². The Kier molecular flexibility index (Phi) is 3.32. The number of hydrogen-bond donors (Lipinski definition) is 0. The van der Waals surface area contributed by atoms with Crippen LogP contribution < -0.4 is 0 Å². The fourth-order valence-corrected chi connectivity index (χ4v) is 2.39. The number of carbonyl (C=O) groups excluding carboxylic acids is 1. The minimum Gasteiger partial charge on any atom is -0.465 e. The van der Waals surface area contributed by atoms with Gasteiger partial charge >= 0.3 is 5.97 Å². The lowest BCUT2D eigenvalue weighted by atomic mass is 9.77. The van der Waals surface area contributed by atoms with Gasteiger partial charge in [-0.25, -0.2) is 0 Å². The summed E-state index contributed by atoms with van der Waals surface area (Å²) >= 11 is 0. The molecule has 1 unspecified atom stereocenters. The molecule has 1 aliphatic heterocycles. The Morgan fingerprint density at radius 2 is 2.12 bits per heavy atom. The minimum atomic E-state index is -0.378. The van der Waals surface area contributed by atoms with E-state index in [-0.39, 0.29) is 11.4 Å². The van der Waals surface area contributed by atoms with Crippen LogP contribution in [0.3, 0.4) is 0 Å². The SMILES string of the molecule is C=CCC1(Cc2ccc(C)cc2)CCOC1=O. The Bertz CT molecular complexity index is 419. The van der Waals surface area contributed by atoms with Gasteiger partial charge in [0.15, 0.2) is 0 Å². The molecule has 1 atom stereocenters. The molecule has 2 rings (SSSR count). The summed E-state index contributed by atoms with van der Waals surface area (Å²) in [7, 11) is 0. The molecule has 1 saturated heterocycles. The molecule has 0 N–H and O–H groups in total. The molecule has 1 aromatic carbocycles. The van der Waals surface area contributed by atoms with Gasteiger partial charge in [0.05, 0.1) is 12.0 Å². The van der Waals surface area contributed by atoms with E-state index in [0.717, 1.165) is 12.8 Å². The van der Waals surface area contributed by atoms with Crippen LogP contribution in [-0.4, -0.2) is 12.6 Å². The lowest BCUT2D eigenvalue weighted by Gasteiger charge is -2.23. The second kappa shape index (κ2) is 4.74. The number of esters is 1. The van der Waals surface area contributed by atoms with Gasteiger partial charge in [-0.05, 0) is 31.7 Å². The first-order valence-electron chi connectivity index (χ1n) is 6.00. The maximum Gasteiger partial charge on any atom is 0.312 e. The van der Waals surface area contributed by atoms with Crippen molar-refractivity contribution in [3.05, 3.63) is 48.0 Å². The van der Waals surface area contributed by atoms with E-state index >= 15 is 0 Å². The largest absolute Gasteiger partial charge is 0.465 e. The van der Waals surface area contributed by atoms with Gasteiger partial charge in [-0.15, -0.1) is 6.58 Å². The number of aryl methyl sites for hydroxylation is 1. The lowest BCUT2D eigenvalue weighted by molar-refractivity contribution is -0.146. The first-order chi connectivity index (χ1) is 8.16. The highest BCUT2D eigenvalue weighted by molar-refractivity contribution is 5.79. The van der Waals surface area contributed by atoms with Gasteiger partial charge in [-0.2, -0.15) is 0 Å². The van der Waals surface area contributed by atoms with Gasteiger partial charge in [-0.3, -0.25) is 4.79 Å². The molecule has 0 radical (unpaired) electrons. The van der Waals surface area contributed by atoms with Crippen LogP contribution in [0.1, 0.15) is 24.0 Å². The molecular weight excluding hydrogens is 212 g/mol. The van der Waals surface area contributed by atoms with Crippen molar-refractivity contribution in [2.45, 2.75) is 26.2 Å². The van der Waals surface area contributed by atoms with Crippen LogP contribution in [-0.2, 0) is 16.0 Å². The van der Waals surface area contributed by atoms with Gasteiger partial charge in [0.1, 0.15) is 0 Å². The summed E-state index contributed by atoms with van der Waals surface area (Å²) in [5, 5.41) is 0. The number of cyclic esters (lactones) is 1. The third-order valence-corrected chi connectivity index (χ3v) is 3.44. The second-order valence-electron chi connectivity index (χ2n) is 4.82. The fourth-order valence-electron chi connectivity index (χ4n) is 2.39. The van der Waals surface area contributed by atoms with Gasteiger partial charge in [-0.1, -0.05) is 35.9 Å². The third kappa shape index (κ3) is 2.41. The Hall–Kier alpha value is -1.57. The van der Waals surface area contributed by atoms with Crippen LogP contribution in [0, 0.1) is 12.3 Å². The van der Waals surface area contributed by atoms with Gasteiger partial charge in [0.25, 0.3) is 0 Å². The molecule has 90 valence electrons. The second-order valence-corrected chi connectivity index (χ2v) is 4.82. The summed E-state index contributed by atoms with van der Waals surface area (Å²) < 4.78 is 5.13. The van der Waals surface area contributed by atoms with Gasteiger partial charge in [0, 0.05) is 0 Å². The molecule has 1 heterocycles. The van der Waals surface area contributed by atoms with E-state index in [1.807, 2.05) is 6.08 Å². The molecule has 0 amide bonds. The first kappa shape index (κ1) is 11.9. The van der Waals surface area contributed by atoms with Crippen LogP contribution in [0.4, 0.5) is 0 Å². The van der Waals surface area contributed by atoms with Crippen molar-refractivity contribution in [3.8, 4) is 0 Å². The van der Waals surface area contributed by atoms with Crippen LogP contribution in [0.15, 0.2) is 36.9 Å². The molecule has 1 aromatic rings. The third-order valence-electron chi connectivity index (χ3n) is 3.44. The van der Waals surface area contributed by atoms with Crippen LogP contribution >= 0.6 is 0 Å². The van der Waals surface area contributed by atoms with E-state index < -0.39 is 0 Å². The fraction of sp³-hybridized carbons (Fsp3) is 0.400. The van der Waals surface area contributed by atoms with Crippen molar-refractivity contribution in [3.63, 3.8) is 0 Å². The smallest absolute Gasteiger partial charge is 0.312 e. The molecule has 0 aliphatic carbocycles. The number of hydrogen-bond acceptors (Lipinski definition) is 2. The number of benzene rings is 1. The van der Waals surface area contributed by atoms with Crippen molar-refractivity contribution in [2.24, 2.45) is 5.41 Å². The molecule has 0 aromatic heterocycles. The lowest BCUT2D eigenvalue weighted by Crippen LogP contribution is -2.28. The molecule has 2 nitrogen and oxygen atoms in total. The number of carbonyl (C=O) groups is 1. The molecule has 2 heteroatoms. The number of rotatable bonds is 4. The zero-order chi connectivity index (χ0) is 12.3. The average molecular weight is 230 g/mol. The van der Waals surface area contributed by atoms with Crippen LogP contribution in [0.5, 0.6) is 0 Å². The van der Waals surface area contributed by atoms with E-state index in [1.54, 1.807) is 0 Å². The Morgan fingerprint density at radius 3 is 2.65 bits per heavy atom. The van der Waals surface area contributed by atoms with Crippen molar-refractivity contribution in [1.29, 1.82) is 0 Å². The van der Waals surface area contributed by atoms with Crippen LogP contribution in [0.25, 0.3) is 0 Å². The Balaban J connectivity index is 2.21. The molecule has 0 spiro atoms. The first-order valence-corrected chi connectivity index (χ1v) is 6.00. The van der Waals surface area contributed by atoms with Crippen molar-refractivity contribution in [2.75, 3.05) is 6.61 Å². The molecular formula is C15H18O2. The van der Waals surface area contributed by atoms with Crippen LogP contribution in [0.2, 0.25) is 0 Å². The van der Waals surface area contributed by atoms with Crippen molar-refractivity contribution in [1.82, 2.24) is 0 Å². The Morgan fingerprint density at radius 1 is 1.41 bits per heavy atom. The normalized spacial score (nSPS) is 23.5. The highest BCUT2D eigenvalue weighted by Crippen LogP contribution is 2.37. The number of allylic oxidation sites excluding steroid dienone is 1. The highest BCUT2D eigenvalue weighted by Gasteiger charge is 2.43. The molecule has 0 bridgehead atoms. The maximum absolute atomic E-state index is 11.9. The summed E-state index contributed by atoms with van der Waals surface area (Å²) in [6.45, 7) is 6.35. The van der Waals surface area contributed by atoms with Crippen molar-refractivity contribution < 1.29 is 9.53 Å². The monoisotopic (exact) mass is 230 g/mol. The highest BCUT2D eigenvalue weighted by atomic mass is 16.5. The molecule has 1 fully saturated rings. The van der Waals surface area contributed by atoms with Crippen molar-refractivity contribution >= 4 is 5.97 Å². The number of ether oxygens (including phenoxy) is 1. The summed E-state index contributed by atoms with van der Waals surface area (Å²) in [6, 6.07) is 8.34. The predicted octanol–water partition coefficient (Wildman–Crippen LogP) is 3.05. The topological polar surface area (TPSA) is 26.3 Å². The van der Waals surface area contributed by atoms with E-state index in [0.29, 0.717) is 13.0 Å². The average Bonchev–Trinajstić information content (AvgIpc) is 2.65. The summed E-state index contributed by atoms with van der Waals surface area (Å²) in [5.41, 5.74) is 2.05. The van der Waals surface area contributed by atoms with E-state index in [2.05, 4.69) is 37.8 Å². The minimum absolute atomic E-state index is 0.0713. The Labute approximate surface area is 102 Å². The predicted molar refractivity (Wildman–Crippen MR) is 67.7 cm³/mol. The van der Waals surface area contributed by atoms with Gasteiger partial charge < -0.3 is 4.74 Å². The standard InChI is InChI=1S/C15H18O2/c1-3-8-15(9-10-17-14(15)16)11-13-6-4-12(2)5-7-13/h3-7H,1,8-11H2,2H3. The molecule has 17 heavy (non-hydrogen) atoms. The summed E-state index contributed by atoms with van der Waals surface area (Å²) in [5.74, 6) is -0.0713. The van der Waals surface area contributed by atoms with E-state index in [4.69, 9.17) is 4.74 Å². The zero-order valence-electron chi connectivity index (χ0n) is 10.2. The van der Waals surface area contributed by atoms with E-state index in [1.165, 1.54) is 11.1 Å². The summed E-state index contributed by atoms with van der Waals surface area (Å²) in [6.07, 6.45) is 4.06. The quantitative estimate of drug-likeness (QED) is 0.587. The molecule has 1 aliphatic rings.